The standard InChI is InChI=1S/C15H20N2O2/c1-11-2-6-17-13-12(11)14(3-7-16-8-4-14)19-15(13)5-9-18-10-15/h2,6,16H,3-5,7-10H2,1H3. The molecule has 4 heteroatoms. The van der Waals surface area contributed by atoms with E-state index < -0.39 is 0 Å². The minimum atomic E-state index is -0.279. The zero-order valence-electron chi connectivity index (χ0n) is 11.4. The molecule has 0 saturated carbocycles. The fourth-order valence-corrected chi connectivity index (χ4v) is 3.95. The van der Waals surface area contributed by atoms with Crippen LogP contribution in [-0.4, -0.2) is 31.3 Å². The third kappa shape index (κ3) is 1.54. The number of nitrogens with zero attached hydrogens (tertiary/aromatic N) is 1. The lowest BCUT2D eigenvalue weighted by Gasteiger charge is -2.37. The van der Waals surface area contributed by atoms with Gasteiger partial charge in [-0.3, -0.25) is 4.98 Å². The number of aromatic nitrogens is 1. The van der Waals surface area contributed by atoms with Crippen molar-refractivity contribution in [2.24, 2.45) is 0 Å². The van der Waals surface area contributed by atoms with Crippen LogP contribution in [0.1, 0.15) is 36.1 Å². The molecule has 1 aromatic rings. The van der Waals surface area contributed by atoms with E-state index in [1.165, 1.54) is 11.1 Å². The Labute approximate surface area is 113 Å². The predicted octanol–water partition coefficient (Wildman–Crippen LogP) is 1.61. The average molecular weight is 260 g/mol. The number of rotatable bonds is 0. The van der Waals surface area contributed by atoms with Crippen molar-refractivity contribution in [3.05, 3.63) is 29.1 Å². The first-order valence-corrected chi connectivity index (χ1v) is 7.21. The van der Waals surface area contributed by atoms with Crippen molar-refractivity contribution in [1.82, 2.24) is 10.3 Å². The van der Waals surface area contributed by atoms with Crippen LogP contribution >= 0.6 is 0 Å². The first kappa shape index (κ1) is 11.8. The van der Waals surface area contributed by atoms with E-state index in [2.05, 4.69) is 23.3 Å². The number of nitrogens with one attached hydrogen (secondary N) is 1. The molecule has 0 aliphatic carbocycles. The molecule has 1 aromatic heterocycles. The van der Waals surface area contributed by atoms with Gasteiger partial charge in [0.25, 0.3) is 0 Å². The Morgan fingerprint density at radius 2 is 2.05 bits per heavy atom. The van der Waals surface area contributed by atoms with Crippen LogP contribution in [0.3, 0.4) is 0 Å². The van der Waals surface area contributed by atoms with E-state index in [-0.39, 0.29) is 11.2 Å². The van der Waals surface area contributed by atoms with Gasteiger partial charge in [-0.05, 0) is 44.5 Å². The van der Waals surface area contributed by atoms with E-state index in [1.54, 1.807) is 0 Å². The van der Waals surface area contributed by atoms with Gasteiger partial charge in [-0.25, -0.2) is 0 Å². The van der Waals surface area contributed by atoms with Gasteiger partial charge in [-0.2, -0.15) is 0 Å². The van der Waals surface area contributed by atoms with Gasteiger partial charge in [0.1, 0.15) is 5.60 Å². The van der Waals surface area contributed by atoms with E-state index in [9.17, 15) is 0 Å². The summed E-state index contributed by atoms with van der Waals surface area (Å²) in [5.41, 5.74) is 3.40. The molecule has 4 rings (SSSR count). The number of pyridine rings is 1. The second-order valence-electron chi connectivity index (χ2n) is 5.99. The molecule has 0 aromatic carbocycles. The maximum atomic E-state index is 6.66. The summed E-state index contributed by atoms with van der Waals surface area (Å²) in [4.78, 5) is 4.68. The molecule has 4 nitrogen and oxygen atoms in total. The van der Waals surface area contributed by atoms with Crippen LogP contribution in [0.15, 0.2) is 12.3 Å². The first-order valence-electron chi connectivity index (χ1n) is 7.21. The second-order valence-corrected chi connectivity index (χ2v) is 5.99. The van der Waals surface area contributed by atoms with Crippen LogP contribution in [0.2, 0.25) is 0 Å². The Morgan fingerprint density at radius 3 is 2.79 bits per heavy atom. The van der Waals surface area contributed by atoms with Gasteiger partial charge in [-0.15, -0.1) is 0 Å². The zero-order valence-corrected chi connectivity index (χ0v) is 11.4. The lowest BCUT2D eigenvalue weighted by atomic mass is 9.82. The smallest absolute Gasteiger partial charge is 0.137 e. The normalized spacial score (nSPS) is 32.1. The van der Waals surface area contributed by atoms with Crippen LogP contribution < -0.4 is 5.32 Å². The minimum Gasteiger partial charge on any atom is -0.378 e. The summed E-state index contributed by atoms with van der Waals surface area (Å²) >= 11 is 0. The van der Waals surface area contributed by atoms with E-state index in [1.807, 2.05) is 6.20 Å². The van der Waals surface area contributed by atoms with Gasteiger partial charge in [0.15, 0.2) is 0 Å². The molecule has 4 heterocycles. The highest BCUT2D eigenvalue weighted by atomic mass is 16.6. The number of hydrogen-bond acceptors (Lipinski definition) is 4. The molecule has 2 fully saturated rings. The fraction of sp³-hybridized carbons (Fsp3) is 0.667. The Morgan fingerprint density at radius 1 is 1.21 bits per heavy atom. The molecule has 102 valence electrons. The van der Waals surface area contributed by atoms with Crippen molar-refractivity contribution in [2.75, 3.05) is 26.3 Å². The average Bonchev–Trinajstić information content (AvgIpc) is 2.98. The largest absolute Gasteiger partial charge is 0.378 e. The molecule has 1 N–H and O–H groups in total. The van der Waals surface area contributed by atoms with Gasteiger partial charge in [0.2, 0.25) is 0 Å². The molecular formula is C15H20N2O2. The predicted molar refractivity (Wildman–Crippen MR) is 71.0 cm³/mol. The van der Waals surface area contributed by atoms with E-state index >= 15 is 0 Å². The summed E-state index contributed by atoms with van der Waals surface area (Å²) in [5.74, 6) is 0. The Kier molecular flexibility index (Phi) is 2.50. The van der Waals surface area contributed by atoms with Crippen LogP contribution in [0.4, 0.5) is 0 Å². The van der Waals surface area contributed by atoms with E-state index in [0.717, 1.165) is 44.7 Å². The third-order valence-corrected chi connectivity index (χ3v) is 4.83. The number of piperidine rings is 1. The number of ether oxygens (including phenoxy) is 2. The SMILES string of the molecule is Cc1ccnc2c1C1(CCNCC1)OC21CCOC1. The Bertz CT molecular complexity index is 503. The maximum absolute atomic E-state index is 6.66. The summed E-state index contributed by atoms with van der Waals surface area (Å²) in [6.45, 7) is 5.66. The molecule has 0 amide bonds. The Hall–Kier alpha value is -0.970. The van der Waals surface area contributed by atoms with Crippen LogP contribution in [0.5, 0.6) is 0 Å². The highest BCUT2D eigenvalue weighted by Crippen LogP contribution is 2.54. The summed E-state index contributed by atoms with van der Waals surface area (Å²) in [6.07, 6.45) is 4.92. The van der Waals surface area contributed by atoms with Crippen molar-refractivity contribution in [3.8, 4) is 0 Å². The molecular weight excluding hydrogens is 240 g/mol. The van der Waals surface area contributed by atoms with Crippen molar-refractivity contribution in [1.29, 1.82) is 0 Å². The molecule has 3 aliphatic heterocycles. The number of aryl methyl sites for hydroxylation is 1. The second kappa shape index (κ2) is 4.01. The molecule has 2 saturated heterocycles. The summed E-state index contributed by atoms with van der Waals surface area (Å²) in [5, 5.41) is 3.43. The van der Waals surface area contributed by atoms with Gasteiger partial charge < -0.3 is 14.8 Å². The minimum absolute atomic E-state index is 0.132. The molecule has 1 unspecified atom stereocenters. The van der Waals surface area contributed by atoms with Crippen LogP contribution in [0.25, 0.3) is 0 Å². The van der Waals surface area contributed by atoms with Gasteiger partial charge >= 0.3 is 0 Å². The van der Waals surface area contributed by atoms with Crippen LogP contribution in [0, 0.1) is 6.92 Å². The summed E-state index contributed by atoms with van der Waals surface area (Å²) < 4.78 is 12.3. The lowest BCUT2D eigenvalue weighted by molar-refractivity contribution is -0.156. The molecule has 1 atom stereocenters. The van der Waals surface area contributed by atoms with E-state index in [4.69, 9.17) is 9.47 Å². The van der Waals surface area contributed by atoms with Crippen LogP contribution in [-0.2, 0) is 20.7 Å². The molecule has 3 aliphatic rings. The monoisotopic (exact) mass is 260 g/mol. The van der Waals surface area contributed by atoms with Gasteiger partial charge in [0, 0.05) is 24.8 Å². The highest BCUT2D eigenvalue weighted by molar-refractivity contribution is 5.43. The van der Waals surface area contributed by atoms with Gasteiger partial charge in [0.05, 0.1) is 17.9 Å². The molecule has 0 radical (unpaired) electrons. The Balaban J connectivity index is 1.89. The molecule has 0 bridgehead atoms. The number of hydrogen-bond donors (Lipinski definition) is 1. The van der Waals surface area contributed by atoms with E-state index in [0.29, 0.717) is 6.61 Å². The highest BCUT2D eigenvalue weighted by Gasteiger charge is 2.56. The van der Waals surface area contributed by atoms with Crippen molar-refractivity contribution in [2.45, 2.75) is 37.4 Å². The summed E-state index contributed by atoms with van der Waals surface area (Å²) in [7, 11) is 0. The van der Waals surface area contributed by atoms with Gasteiger partial charge in [-0.1, -0.05) is 0 Å². The molecule has 19 heavy (non-hydrogen) atoms. The third-order valence-electron chi connectivity index (χ3n) is 4.83. The van der Waals surface area contributed by atoms with Crippen molar-refractivity contribution < 1.29 is 9.47 Å². The topological polar surface area (TPSA) is 43.4 Å². The number of fused-ring (bicyclic) bond motifs is 3. The van der Waals surface area contributed by atoms with Crippen molar-refractivity contribution >= 4 is 0 Å². The maximum Gasteiger partial charge on any atom is 0.137 e. The molecule has 2 spiro atoms. The quantitative estimate of drug-likeness (QED) is 0.769. The summed E-state index contributed by atoms with van der Waals surface area (Å²) in [6, 6.07) is 2.11. The lowest BCUT2D eigenvalue weighted by Crippen LogP contribution is -2.42. The fourth-order valence-electron chi connectivity index (χ4n) is 3.95. The zero-order chi connectivity index (χ0) is 12.9. The first-order chi connectivity index (χ1) is 9.26. The van der Waals surface area contributed by atoms with Crippen molar-refractivity contribution in [3.63, 3.8) is 0 Å².